The van der Waals surface area contributed by atoms with Crippen LogP contribution in [0, 0.1) is 0 Å². The Morgan fingerprint density at radius 3 is 2.17 bits per heavy atom. The lowest BCUT2D eigenvalue weighted by atomic mass is 10.0. The van der Waals surface area contributed by atoms with Gasteiger partial charge >= 0.3 is 18.1 Å². The van der Waals surface area contributed by atoms with Crippen LogP contribution < -0.4 is 10.2 Å². The molecule has 9 nitrogen and oxygen atoms in total. The van der Waals surface area contributed by atoms with E-state index in [1.54, 1.807) is 0 Å². The molecule has 2 aromatic carbocycles. The van der Waals surface area contributed by atoms with E-state index in [1.807, 2.05) is 17.0 Å². The predicted molar refractivity (Wildman–Crippen MR) is 143 cm³/mol. The molecule has 0 aromatic heterocycles. The Balaban J connectivity index is 0.000000559. The fourth-order valence-corrected chi connectivity index (χ4v) is 5.06. The molecule has 4 rings (SSSR count). The van der Waals surface area contributed by atoms with Crippen molar-refractivity contribution in [1.29, 1.82) is 0 Å². The first-order valence-electron chi connectivity index (χ1n) is 12.4. The average Bonchev–Trinajstić information content (AvgIpc) is 3.23. The second-order valence-electron chi connectivity index (χ2n) is 9.73. The Bertz CT molecular complexity index is 1180. The number of hydrogen-bond donors (Lipinski definition) is 5. The third-order valence-electron chi connectivity index (χ3n) is 6.72. The van der Waals surface area contributed by atoms with Gasteiger partial charge in [-0.1, -0.05) is 35.3 Å². The molecule has 0 spiro atoms. The van der Waals surface area contributed by atoms with Gasteiger partial charge in [0.05, 0.1) is 23.6 Å². The first-order chi connectivity index (χ1) is 18.7. The van der Waals surface area contributed by atoms with E-state index < -0.39 is 24.2 Å². The molecule has 2 aliphatic heterocycles. The monoisotopic (exact) mass is 607 g/mol. The van der Waals surface area contributed by atoms with Crippen molar-refractivity contribution in [2.75, 3.05) is 31.1 Å². The van der Waals surface area contributed by atoms with E-state index in [0.717, 1.165) is 37.5 Å². The number of halogens is 5. The number of β-amino-alcohol motifs (C(OH)–C–C–N with tert-alkyl or cyclic N) is 1. The summed E-state index contributed by atoms with van der Waals surface area (Å²) in [6.07, 6.45) is -3.90. The summed E-state index contributed by atoms with van der Waals surface area (Å²) < 4.78 is 31.7. The quantitative estimate of drug-likeness (QED) is 0.319. The van der Waals surface area contributed by atoms with Gasteiger partial charge in [0.2, 0.25) is 0 Å². The number of aliphatic hydroxyl groups excluding tert-OH is 1. The highest BCUT2D eigenvalue weighted by Gasteiger charge is 2.38. The average molecular weight is 608 g/mol. The molecule has 0 bridgehead atoms. The molecule has 0 aliphatic carbocycles. The normalized spacial score (nSPS) is 20.2. The number of carboxylic acids is 2. The van der Waals surface area contributed by atoms with Crippen LogP contribution in [0.25, 0.3) is 0 Å². The van der Waals surface area contributed by atoms with Crippen LogP contribution in [0.3, 0.4) is 0 Å². The molecular formula is C26H30Cl2F3N3O6. The summed E-state index contributed by atoms with van der Waals surface area (Å²) in [6, 6.07) is 11.1. The van der Waals surface area contributed by atoms with Gasteiger partial charge in [0.25, 0.3) is 0 Å². The van der Waals surface area contributed by atoms with Crippen molar-refractivity contribution < 1.29 is 43.2 Å². The maximum Gasteiger partial charge on any atom is 0.490 e. The number of aliphatic carboxylic acids is 2. The van der Waals surface area contributed by atoms with Crippen LogP contribution in [0.15, 0.2) is 36.4 Å². The molecule has 220 valence electrons. The fourth-order valence-electron chi connectivity index (χ4n) is 4.75. The number of likely N-dealkylation sites (tertiary alicyclic amines) is 1. The highest BCUT2D eigenvalue weighted by molar-refractivity contribution is 6.32. The molecule has 2 atom stereocenters. The first-order valence-corrected chi connectivity index (χ1v) is 13.2. The standard InChI is InChI=1S/C24H29Cl2N3O4.C2HF3O2/c25-17-3-1-15(2-4-17)12-28-7-5-18(6-8-28)27-20-13-29(14-23(20)31)21-11-22(30)19(26)9-16(21)10-24(32)33;3-2(4,5)1(6)7/h1-4,9,11,18,20,23,27,30-31H,5-8,10,12-14H2,(H,32,33);(H,6,7)/t20-,23-;/m1./s1. The Kier molecular flexibility index (Phi) is 10.9. The molecule has 0 amide bonds. The van der Waals surface area contributed by atoms with Crippen LogP contribution in [0.1, 0.15) is 24.0 Å². The Morgan fingerprint density at radius 1 is 1.02 bits per heavy atom. The summed E-state index contributed by atoms with van der Waals surface area (Å²) >= 11 is 12.0. The van der Waals surface area contributed by atoms with Gasteiger partial charge in [-0.25, -0.2) is 4.79 Å². The predicted octanol–water partition coefficient (Wildman–Crippen LogP) is 3.76. The Labute approximate surface area is 238 Å². The fraction of sp³-hybridized carbons (Fsp3) is 0.462. The lowest BCUT2D eigenvalue weighted by Crippen LogP contribution is -2.49. The molecule has 2 aromatic rings. The maximum absolute atomic E-state index is 11.3. The number of phenols is 1. The number of nitrogens with one attached hydrogen (secondary N) is 1. The molecule has 2 aliphatic rings. The van der Waals surface area contributed by atoms with Crippen molar-refractivity contribution in [3.05, 3.63) is 57.6 Å². The van der Waals surface area contributed by atoms with Crippen molar-refractivity contribution in [3.63, 3.8) is 0 Å². The summed E-state index contributed by atoms with van der Waals surface area (Å²) in [5.74, 6) is -3.83. The van der Waals surface area contributed by atoms with Gasteiger partial charge in [-0.15, -0.1) is 0 Å². The zero-order valence-electron chi connectivity index (χ0n) is 21.2. The summed E-state index contributed by atoms with van der Waals surface area (Å²) in [6.45, 7) is 3.73. The van der Waals surface area contributed by atoms with Crippen molar-refractivity contribution in [1.82, 2.24) is 10.2 Å². The summed E-state index contributed by atoms with van der Waals surface area (Å²) in [4.78, 5) is 24.5. The number of piperidine rings is 1. The van der Waals surface area contributed by atoms with Crippen LogP contribution in [-0.4, -0.2) is 87.8 Å². The van der Waals surface area contributed by atoms with Crippen LogP contribution in [0.4, 0.5) is 18.9 Å². The second kappa shape index (κ2) is 13.7. The number of benzene rings is 2. The number of carboxylic acid groups (broad SMARTS) is 2. The number of rotatable bonds is 7. The minimum atomic E-state index is -5.08. The van der Waals surface area contributed by atoms with E-state index in [-0.39, 0.29) is 23.2 Å². The lowest BCUT2D eigenvalue weighted by Gasteiger charge is -2.34. The molecule has 5 N–H and O–H groups in total. The largest absolute Gasteiger partial charge is 0.506 e. The third kappa shape index (κ3) is 9.13. The highest BCUT2D eigenvalue weighted by Crippen LogP contribution is 2.34. The van der Waals surface area contributed by atoms with Gasteiger partial charge in [-0.2, -0.15) is 13.2 Å². The molecule has 14 heteroatoms. The van der Waals surface area contributed by atoms with Crippen LogP contribution in [0.5, 0.6) is 5.75 Å². The van der Waals surface area contributed by atoms with Gasteiger partial charge in [-0.3, -0.25) is 9.69 Å². The molecule has 2 saturated heterocycles. The van der Waals surface area contributed by atoms with Gasteiger partial charge in [-0.05, 0) is 55.3 Å². The number of aliphatic hydroxyl groups is 1. The molecule has 0 saturated carbocycles. The van der Waals surface area contributed by atoms with Crippen molar-refractivity contribution >= 4 is 40.8 Å². The minimum Gasteiger partial charge on any atom is -0.506 e. The molecule has 0 unspecified atom stereocenters. The topological polar surface area (TPSA) is 134 Å². The van der Waals surface area contributed by atoms with Gasteiger partial charge in [0.1, 0.15) is 5.75 Å². The van der Waals surface area contributed by atoms with Gasteiger partial charge in [0, 0.05) is 42.5 Å². The summed E-state index contributed by atoms with van der Waals surface area (Å²) in [5, 5.41) is 41.6. The number of anilines is 1. The SMILES string of the molecule is O=C(O)C(F)(F)F.O=C(O)Cc1cc(Cl)c(O)cc1N1C[C@@H](O)[C@H](NC2CCN(Cc3ccc(Cl)cc3)CC2)C1. The van der Waals surface area contributed by atoms with E-state index in [4.69, 9.17) is 33.1 Å². The highest BCUT2D eigenvalue weighted by atomic mass is 35.5. The number of phenolic OH excluding ortho intramolecular Hbond substituents is 1. The maximum atomic E-state index is 11.3. The van der Waals surface area contributed by atoms with Crippen molar-refractivity contribution in [2.24, 2.45) is 0 Å². The van der Waals surface area contributed by atoms with Crippen LogP contribution in [0.2, 0.25) is 10.0 Å². The zero-order valence-corrected chi connectivity index (χ0v) is 22.8. The third-order valence-corrected chi connectivity index (χ3v) is 7.27. The molecular weight excluding hydrogens is 578 g/mol. The first kappa shape index (κ1) is 31.8. The minimum absolute atomic E-state index is 0.0974. The van der Waals surface area contributed by atoms with E-state index in [9.17, 15) is 33.3 Å². The van der Waals surface area contributed by atoms with E-state index in [1.165, 1.54) is 17.7 Å². The van der Waals surface area contributed by atoms with Crippen LogP contribution in [-0.2, 0) is 22.6 Å². The molecule has 0 radical (unpaired) electrons. The lowest BCUT2D eigenvalue weighted by molar-refractivity contribution is -0.192. The number of nitrogens with zero attached hydrogens (tertiary/aromatic N) is 2. The Hall–Kier alpha value is -2.77. The van der Waals surface area contributed by atoms with Crippen molar-refractivity contribution in [2.45, 2.75) is 50.2 Å². The van der Waals surface area contributed by atoms with Crippen LogP contribution >= 0.6 is 23.2 Å². The Morgan fingerprint density at radius 2 is 1.62 bits per heavy atom. The molecule has 40 heavy (non-hydrogen) atoms. The van der Waals surface area contributed by atoms with E-state index in [0.29, 0.717) is 30.4 Å². The molecule has 2 fully saturated rings. The van der Waals surface area contributed by atoms with Gasteiger partial charge in [0.15, 0.2) is 0 Å². The zero-order chi connectivity index (χ0) is 29.6. The number of alkyl halides is 3. The number of hydrogen-bond acceptors (Lipinski definition) is 7. The summed E-state index contributed by atoms with van der Waals surface area (Å²) in [5.41, 5.74) is 2.37. The van der Waals surface area contributed by atoms with Gasteiger partial charge < -0.3 is 30.6 Å². The number of carbonyl (C=O) groups is 2. The molecule has 2 heterocycles. The summed E-state index contributed by atoms with van der Waals surface area (Å²) in [7, 11) is 0. The van der Waals surface area contributed by atoms with Crippen molar-refractivity contribution in [3.8, 4) is 5.75 Å². The number of aromatic hydroxyl groups is 1. The van der Waals surface area contributed by atoms with E-state index in [2.05, 4.69) is 22.3 Å². The van der Waals surface area contributed by atoms with E-state index >= 15 is 0 Å². The smallest absolute Gasteiger partial charge is 0.490 e. The second-order valence-corrected chi connectivity index (χ2v) is 10.6.